The molecule has 0 radical (unpaired) electrons. The van der Waals surface area contributed by atoms with Gasteiger partial charge in [-0.1, -0.05) is 24.3 Å². The van der Waals surface area contributed by atoms with Crippen molar-refractivity contribution in [1.82, 2.24) is 0 Å². The molecular weight excluding hydrogens is 240 g/mol. The fourth-order valence-corrected chi connectivity index (χ4v) is 1.80. The molecule has 2 rings (SSSR count). The number of aliphatic hydroxyl groups excluding tert-OH is 1. The van der Waals surface area contributed by atoms with Crippen LogP contribution in [0.1, 0.15) is 17.2 Å². The minimum Gasteiger partial charge on any atom is -0.497 e. The Labute approximate surface area is 113 Å². The number of methoxy groups -OCH3 is 1. The predicted octanol–water partition coefficient (Wildman–Crippen LogP) is 3.12. The number of aryl methyl sites for hydroxylation is 1. The van der Waals surface area contributed by atoms with E-state index in [-0.39, 0.29) is 6.61 Å². The summed E-state index contributed by atoms with van der Waals surface area (Å²) in [6.07, 6.45) is -0.647. The molecule has 2 aromatic rings. The van der Waals surface area contributed by atoms with E-state index >= 15 is 0 Å². The second-order valence-electron chi connectivity index (χ2n) is 4.42. The summed E-state index contributed by atoms with van der Waals surface area (Å²) in [7, 11) is 1.62. The average Bonchev–Trinajstić information content (AvgIpc) is 2.45. The molecule has 2 aromatic carbocycles. The third kappa shape index (κ3) is 3.73. The monoisotopic (exact) mass is 258 g/mol. The second-order valence-corrected chi connectivity index (χ2v) is 4.42. The summed E-state index contributed by atoms with van der Waals surface area (Å²) in [6, 6.07) is 15.1. The van der Waals surface area contributed by atoms with Gasteiger partial charge in [-0.3, -0.25) is 0 Å². The van der Waals surface area contributed by atoms with Crippen LogP contribution in [0.3, 0.4) is 0 Å². The quantitative estimate of drug-likeness (QED) is 0.895. The van der Waals surface area contributed by atoms with Crippen molar-refractivity contribution in [2.24, 2.45) is 0 Å². The van der Waals surface area contributed by atoms with Gasteiger partial charge in [-0.25, -0.2) is 0 Å². The van der Waals surface area contributed by atoms with Crippen LogP contribution in [0.2, 0.25) is 0 Å². The van der Waals surface area contributed by atoms with Crippen LogP contribution >= 0.6 is 0 Å². The first-order chi connectivity index (χ1) is 9.19. The highest BCUT2D eigenvalue weighted by Gasteiger charge is 2.08. The van der Waals surface area contributed by atoms with Gasteiger partial charge in [0.25, 0.3) is 0 Å². The molecule has 0 heterocycles. The predicted molar refractivity (Wildman–Crippen MR) is 74.6 cm³/mol. The molecule has 0 bridgehead atoms. The molecule has 0 aromatic heterocycles. The molecule has 1 N–H and O–H groups in total. The Hall–Kier alpha value is -2.00. The lowest BCUT2D eigenvalue weighted by Gasteiger charge is -2.13. The molecular formula is C16H18O3. The summed E-state index contributed by atoms with van der Waals surface area (Å²) in [4.78, 5) is 0. The minimum atomic E-state index is -0.647. The highest BCUT2D eigenvalue weighted by atomic mass is 16.5. The Kier molecular flexibility index (Phi) is 4.42. The van der Waals surface area contributed by atoms with Gasteiger partial charge in [0.2, 0.25) is 0 Å². The van der Waals surface area contributed by atoms with Gasteiger partial charge in [-0.05, 0) is 42.3 Å². The Balaban J connectivity index is 1.95. The molecule has 0 aliphatic heterocycles. The van der Waals surface area contributed by atoms with E-state index in [2.05, 4.69) is 0 Å². The number of benzene rings is 2. The maximum atomic E-state index is 10.0. The van der Waals surface area contributed by atoms with Gasteiger partial charge in [0.05, 0.1) is 7.11 Å². The van der Waals surface area contributed by atoms with Gasteiger partial charge in [-0.15, -0.1) is 0 Å². The molecule has 1 unspecified atom stereocenters. The van der Waals surface area contributed by atoms with E-state index < -0.39 is 6.10 Å². The summed E-state index contributed by atoms with van der Waals surface area (Å²) in [6.45, 7) is 2.24. The maximum Gasteiger partial charge on any atom is 0.119 e. The second kappa shape index (κ2) is 6.25. The van der Waals surface area contributed by atoms with E-state index in [1.807, 2.05) is 55.5 Å². The van der Waals surface area contributed by atoms with E-state index in [9.17, 15) is 5.11 Å². The summed E-state index contributed by atoms with van der Waals surface area (Å²) in [5, 5.41) is 10.0. The molecule has 0 fully saturated rings. The molecule has 0 saturated heterocycles. The summed E-state index contributed by atoms with van der Waals surface area (Å²) >= 11 is 0. The topological polar surface area (TPSA) is 38.7 Å². The molecule has 19 heavy (non-hydrogen) atoms. The van der Waals surface area contributed by atoms with Crippen LogP contribution < -0.4 is 9.47 Å². The highest BCUT2D eigenvalue weighted by molar-refractivity contribution is 5.29. The van der Waals surface area contributed by atoms with E-state index in [1.165, 1.54) is 0 Å². The number of rotatable bonds is 5. The molecule has 0 aliphatic carbocycles. The van der Waals surface area contributed by atoms with E-state index in [0.29, 0.717) is 0 Å². The fourth-order valence-electron chi connectivity index (χ4n) is 1.80. The van der Waals surface area contributed by atoms with E-state index in [0.717, 1.165) is 22.6 Å². The van der Waals surface area contributed by atoms with E-state index in [4.69, 9.17) is 9.47 Å². The third-order valence-electron chi connectivity index (χ3n) is 2.90. The average molecular weight is 258 g/mol. The number of ether oxygens (including phenoxy) is 2. The lowest BCUT2D eigenvalue weighted by Crippen LogP contribution is -2.09. The molecule has 1 atom stereocenters. The smallest absolute Gasteiger partial charge is 0.119 e. The van der Waals surface area contributed by atoms with E-state index in [1.54, 1.807) is 7.11 Å². The van der Waals surface area contributed by atoms with Crippen LogP contribution in [0.4, 0.5) is 0 Å². The van der Waals surface area contributed by atoms with Crippen LogP contribution in [0, 0.1) is 6.92 Å². The summed E-state index contributed by atoms with van der Waals surface area (Å²) in [5.74, 6) is 1.54. The third-order valence-corrected chi connectivity index (χ3v) is 2.90. The van der Waals surface area contributed by atoms with Crippen molar-refractivity contribution in [2.45, 2.75) is 13.0 Å². The normalized spacial score (nSPS) is 11.9. The van der Waals surface area contributed by atoms with Crippen molar-refractivity contribution in [3.8, 4) is 11.5 Å². The number of hydrogen-bond acceptors (Lipinski definition) is 3. The zero-order valence-corrected chi connectivity index (χ0v) is 11.2. The van der Waals surface area contributed by atoms with Crippen molar-refractivity contribution in [1.29, 1.82) is 0 Å². The first-order valence-electron chi connectivity index (χ1n) is 6.20. The van der Waals surface area contributed by atoms with Crippen LogP contribution in [-0.4, -0.2) is 18.8 Å². The number of aliphatic hydroxyl groups is 1. The van der Waals surface area contributed by atoms with Crippen molar-refractivity contribution >= 4 is 0 Å². The van der Waals surface area contributed by atoms with Crippen molar-refractivity contribution in [3.63, 3.8) is 0 Å². The SMILES string of the molecule is COc1ccc(C(O)COc2cccc(C)c2)cc1. The van der Waals surface area contributed by atoms with Gasteiger partial charge < -0.3 is 14.6 Å². The molecule has 0 aliphatic rings. The molecule has 0 spiro atoms. The van der Waals surface area contributed by atoms with Crippen molar-refractivity contribution in [3.05, 3.63) is 59.7 Å². The standard InChI is InChI=1S/C16H18O3/c1-12-4-3-5-15(10-12)19-11-16(17)13-6-8-14(18-2)9-7-13/h3-10,16-17H,11H2,1-2H3. The van der Waals surface area contributed by atoms with Crippen LogP contribution in [-0.2, 0) is 0 Å². The molecule has 3 nitrogen and oxygen atoms in total. The Bertz CT molecular complexity index is 520. The lowest BCUT2D eigenvalue weighted by molar-refractivity contribution is 0.108. The van der Waals surface area contributed by atoms with Gasteiger partial charge in [0.15, 0.2) is 0 Å². The first-order valence-corrected chi connectivity index (χ1v) is 6.20. The number of hydrogen-bond donors (Lipinski definition) is 1. The Morgan fingerprint density at radius 2 is 1.79 bits per heavy atom. The molecule has 3 heteroatoms. The fraction of sp³-hybridized carbons (Fsp3) is 0.250. The van der Waals surface area contributed by atoms with Gasteiger partial charge in [0.1, 0.15) is 24.2 Å². The van der Waals surface area contributed by atoms with Gasteiger partial charge in [0, 0.05) is 0 Å². The molecule has 0 saturated carbocycles. The maximum absolute atomic E-state index is 10.0. The van der Waals surface area contributed by atoms with Gasteiger partial charge >= 0.3 is 0 Å². The zero-order valence-electron chi connectivity index (χ0n) is 11.2. The largest absolute Gasteiger partial charge is 0.497 e. The zero-order chi connectivity index (χ0) is 13.7. The Morgan fingerprint density at radius 3 is 2.42 bits per heavy atom. The van der Waals surface area contributed by atoms with Crippen LogP contribution in [0.15, 0.2) is 48.5 Å². The van der Waals surface area contributed by atoms with Crippen molar-refractivity contribution < 1.29 is 14.6 Å². The van der Waals surface area contributed by atoms with Crippen LogP contribution in [0.5, 0.6) is 11.5 Å². The lowest BCUT2D eigenvalue weighted by atomic mass is 10.1. The minimum absolute atomic E-state index is 0.232. The summed E-state index contributed by atoms with van der Waals surface area (Å²) < 4.78 is 10.7. The van der Waals surface area contributed by atoms with Crippen molar-refractivity contribution in [2.75, 3.05) is 13.7 Å². The molecule has 0 amide bonds. The summed E-state index contributed by atoms with van der Waals surface area (Å²) in [5.41, 5.74) is 1.95. The first kappa shape index (κ1) is 13.4. The highest BCUT2D eigenvalue weighted by Crippen LogP contribution is 2.19. The van der Waals surface area contributed by atoms with Crippen LogP contribution in [0.25, 0.3) is 0 Å². The Morgan fingerprint density at radius 1 is 1.05 bits per heavy atom. The van der Waals surface area contributed by atoms with Gasteiger partial charge in [-0.2, -0.15) is 0 Å². The molecule has 100 valence electrons.